The van der Waals surface area contributed by atoms with E-state index in [4.69, 9.17) is 17.3 Å². The van der Waals surface area contributed by atoms with Crippen LogP contribution in [0.1, 0.15) is 5.56 Å². The van der Waals surface area contributed by atoms with Crippen LogP contribution in [-0.4, -0.2) is 9.97 Å². The summed E-state index contributed by atoms with van der Waals surface area (Å²) in [6, 6.07) is 11.6. The highest BCUT2D eigenvalue weighted by atomic mass is 35.5. The van der Waals surface area contributed by atoms with E-state index in [1.165, 1.54) is 0 Å². The molecule has 0 atom stereocenters. The highest BCUT2D eigenvalue weighted by Gasteiger charge is 2.10. The summed E-state index contributed by atoms with van der Waals surface area (Å²) in [6.45, 7) is 2.04. The Morgan fingerprint density at radius 1 is 1.17 bits per heavy atom. The lowest BCUT2D eigenvalue weighted by Crippen LogP contribution is -1.92. The molecular formula is C14H12ClN3. The summed E-state index contributed by atoms with van der Waals surface area (Å²) in [4.78, 5) is 7.86. The fraction of sp³-hybridized carbons (Fsp3) is 0.0714. The number of anilines is 1. The molecule has 4 heteroatoms. The van der Waals surface area contributed by atoms with Crippen molar-refractivity contribution in [2.45, 2.75) is 6.92 Å². The zero-order chi connectivity index (χ0) is 12.7. The van der Waals surface area contributed by atoms with Crippen molar-refractivity contribution in [3.8, 4) is 11.4 Å². The third-order valence-corrected chi connectivity index (χ3v) is 3.35. The highest BCUT2D eigenvalue weighted by Crippen LogP contribution is 2.31. The molecule has 0 amide bonds. The molecule has 3 nitrogen and oxygen atoms in total. The molecule has 0 fully saturated rings. The lowest BCUT2D eigenvalue weighted by molar-refractivity contribution is 1.33. The molecule has 3 aromatic rings. The molecule has 18 heavy (non-hydrogen) atoms. The Morgan fingerprint density at radius 3 is 2.72 bits per heavy atom. The van der Waals surface area contributed by atoms with Gasteiger partial charge in [-0.05, 0) is 30.7 Å². The number of rotatable bonds is 1. The summed E-state index contributed by atoms with van der Waals surface area (Å²) in [7, 11) is 0. The number of imidazole rings is 1. The van der Waals surface area contributed by atoms with Gasteiger partial charge in [0.1, 0.15) is 5.82 Å². The van der Waals surface area contributed by atoms with Gasteiger partial charge in [-0.3, -0.25) is 0 Å². The van der Waals surface area contributed by atoms with E-state index in [0.29, 0.717) is 10.7 Å². The summed E-state index contributed by atoms with van der Waals surface area (Å²) in [5.41, 5.74) is 10.5. The quantitative estimate of drug-likeness (QED) is 0.652. The SMILES string of the molecule is Cc1cccc2[nH]c(-c3cccc(Cl)c3N)nc12. The number of H-pyrrole nitrogens is 1. The number of nitrogen functional groups attached to an aromatic ring is 1. The molecule has 2 aromatic carbocycles. The maximum absolute atomic E-state index is 6.03. The van der Waals surface area contributed by atoms with Crippen molar-refractivity contribution in [2.75, 3.05) is 5.73 Å². The van der Waals surface area contributed by atoms with Gasteiger partial charge in [0.15, 0.2) is 0 Å². The Bertz CT molecular complexity index is 731. The fourth-order valence-electron chi connectivity index (χ4n) is 2.05. The number of benzene rings is 2. The third-order valence-electron chi connectivity index (χ3n) is 3.02. The number of aromatic amines is 1. The standard InChI is InChI=1S/C14H12ClN3/c1-8-4-2-7-11-13(8)18-14(17-11)9-5-3-6-10(15)12(9)16/h2-7H,16H2,1H3,(H,17,18). The van der Waals surface area contributed by atoms with E-state index in [2.05, 4.69) is 9.97 Å². The summed E-state index contributed by atoms with van der Waals surface area (Å²) in [6.07, 6.45) is 0. The predicted octanol–water partition coefficient (Wildman–Crippen LogP) is 3.77. The minimum atomic E-state index is 0.546. The number of halogens is 1. The zero-order valence-electron chi connectivity index (χ0n) is 9.87. The van der Waals surface area contributed by atoms with Gasteiger partial charge in [0.2, 0.25) is 0 Å². The van der Waals surface area contributed by atoms with Gasteiger partial charge < -0.3 is 10.7 Å². The second kappa shape index (κ2) is 4.03. The first-order chi connectivity index (χ1) is 8.66. The lowest BCUT2D eigenvalue weighted by Gasteiger charge is -2.03. The van der Waals surface area contributed by atoms with Crippen LogP contribution >= 0.6 is 11.6 Å². The number of hydrogen-bond donors (Lipinski definition) is 2. The van der Waals surface area contributed by atoms with Crippen molar-refractivity contribution < 1.29 is 0 Å². The van der Waals surface area contributed by atoms with E-state index in [9.17, 15) is 0 Å². The van der Waals surface area contributed by atoms with Crippen LogP contribution in [-0.2, 0) is 0 Å². The molecule has 0 aliphatic heterocycles. The molecule has 0 unspecified atom stereocenters. The number of nitrogens with one attached hydrogen (secondary N) is 1. The van der Waals surface area contributed by atoms with Crippen LogP contribution in [0.3, 0.4) is 0 Å². The Balaban J connectivity index is 2.26. The number of nitrogens with two attached hydrogens (primary N) is 1. The first-order valence-electron chi connectivity index (χ1n) is 5.66. The molecule has 1 aromatic heterocycles. The van der Waals surface area contributed by atoms with Crippen molar-refractivity contribution >= 4 is 28.3 Å². The molecule has 0 saturated carbocycles. The van der Waals surface area contributed by atoms with E-state index in [-0.39, 0.29) is 0 Å². The number of nitrogens with zero attached hydrogens (tertiary/aromatic N) is 1. The summed E-state index contributed by atoms with van der Waals surface area (Å²) in [5.74, 6) is 0.749. The molecular weight excluding hydrogens is 246 g/mol. The van der Waals surface area contributed by atoms with Gasteiger partial charge in [0, 0.05) is 5.56 Å². The predicted molar refractivity (Wildman–Crippen MR) is 75.7 cm³/mol. The van der Waals surface area contributed by atoms with Gasteiger partial charge in [-0.1, -0.05) is 29.8 Å². The van der Waals surface area contributed by atoms with Gasteiger partial charge in [-0.15, -0.1) is 0 Å². The van der Waals surface area contributed by atoms with E-state index in [0.717, 1.165) is 28.0 Å². The van der Waals surface area contributed by atoms with Crippen LogP contribution in [0.4, 0.5) is 5.69 Å². The second-order valence-corrected chi connectivity index (χ2v) is 4.66. The molecule has 0 radical (unpaired) electrons. The summed E-state index contributed by atoms with van der Waals surface area (Å²) >= 11 is 6.03. The highest BCUT2D eigenvalue weighted by molar-refractivity contribution is 6.33. The van der Waals surface area contributed by atoms with Gasteiger partial charge in [-0.2, -0.15) is 0 Å². The summed E-state index contributed by atoms with van der Waals surface area (Å²) in [5, 5.41) is 0.546. The maximum atomic E-state index is 6.03. The van der Waals surface area contributed by atoms with Crippen LogP contribution in [0.25, 0.3) is 22.4 Å². The Labute approximate surface area is 110 Å². The minimum absolute atomic E-state index is 0.546. The van der Waals surface area contributed by atoms with Crippen molar-refractivity contribution in [3.63, 3.8) is 0 Å². The molecule has 0 bridgehead atoms. The second-order valence-electron chi connectivity index (χ2n) is 4.26. The van der Waals surface area contributed by atoms with Gasteiger partial charge >= 0.3 is 0 Å². The molecule has 1 heterocycles. The molecule has 90 valence electrons. The Morgan fingerprint density at radius 2 is 1.94 bits per heavy atom. The number of para-hydroxylation sites is 2. The van der Waals surface area contributed by atoms with Crippen LogP contribution in [0, 0.1) is 6.92 Å². The van der Waals surface area contributed by atoms with E-state index >= 15 is 0 Å². The van der Waals surface area contributed by atoms with Crippen molar-refractivity contribution in [1.82, 2.24) is 9.97 Å². The number of fused-ring (bicyclic) bond motifs is 1. The first-order valence-corrected chi connectivity index (χ1v) is 6.04. The minimum Gasteiger partial charge on any atom is -0.397 e. The molecule has 3 rings (SSSR count). The Hall–Kier alpha value is -2.00. The molecule has 0 spiro atoms. The van der Waals surface area contributed by atoms with E-state index in [1.807, 2.05) is 37.3 Å². The summed E-state index contributed by atoms with van der Waals surface area (Å²) < 4.78 is 0. The molecule has 0 saturated heterocycles. The molecule has 3 N–H and O–H groups in total. The lowest BCUT2D eigenvalue weighted by atomic mass is 10.2. The molecule has 0 aliphatic rings. The first kappa shape index (κ1) is 11.1. The topological polar surface area (TPSA) is 54.7 Å². The van der Waals surface area contributed by atoms with Crippen LogP contribution in [0.2, 0.25) is 5.02 Å². The fourth-order valence-corrected chi connectivity index (χ4v) is 2.22. The van der Waals surface area contributed by atoms with Crippen molar-refractivity contribution in [1.29, 1.82) is 0 Å². The average Bonchev–Trinajstić information content (AvgIpc) is 2.78. The van der Waals surface area contributed by atoms with Crippen LogP contribution in [0.5, 0.6) is 0 Å². The van der Waals surface area contributed by atoms with Crippen molar-refractivity contribution in [2.24, 2.45) is 0 Å². The van der Waals surface area contributed by atoms with E-state index < -0.39 is 0 Å². The number of aryl methyl sites for hydroxylation is 1. The number of aromatic nitrogens is 2. The average molecular weight is 258 g/mol. The van der Waals surface area contributed by atoms with Crippen molar-refractivity contribution in [3.05, 3.63) is 47.0 Å². The van der Waals surface area contributed by atoms with Crippen LogP contribution in [0.15, 0.2) is 36.4 Å². The van der Waals surface area contributed by atoms with Crippen LogP contribution < -0.4 is 5.73 Å². The monoisotopic (exact) mass is 257 g/mol. The largest absolute Gasteiger partial charge is 0.397 e. The third kappa shape index (κ3) is 1.64. The van der Waals surface area contributed by atoms with Gasteiger partial charge in [-0.25, -0.2) is 4.98 Å². The number of hydrogen-bond acceptors (Lipinski definition) is 2. The van der Waals surface area contributed by atoms with Gasteiger partial charge in [0.25, 0.3) is 0 Å². The zero-order valence-corrected chi connectivity index (χ0v) is 10.6. The maximum Gasteiger partial charge on any atom is 0.140 e. The Kier molecular flexibility index (Phi) is 2.49. The van der Waals surface area contributed by atoms with E-state index in [1.54, 1.807) is 6.07 Å². The van der Waals surface area contributed by atoms with Gasteiger partial charge in [0.05, 0.1) is 21.7 Å². The smallest absolute Gasteiger partial charge is 0.140 e. The normalized spacial score (nSPS) is 11.0. The molecule has 0 aliphatic carbocycles.